The van der Waals surface area contributed by atoms with Gasteiger partial charge in [0.15, 0.2) is 0 Å². The maximum Gasteiger partial charge on any atom is 0.258 e. The van der Waals surface area contributed by atoms with E-state index in [9.17, 15) is 9.90 Å². The zero-order valence-corrected chi connectivity index (χ0v) is 27.0. The summed E-state index contributed by atoms with van der Waals surface area (Å²) in [4.78, 5) is 23.7. The van der Waals surface area contributed by atoms with Crippen LogP contribution >= 0.6 is 11.6 Å². The number of carbonyl (C=O) groups excluding carboxylic acids is 1. The van der Waals surface area contributed by atoms with E-state index in [0.717, 1.165) is 33.0 Å². The van der Waals surface area contributed by atoms with E-state index in [0.29, 0.717) is 87.0 Å². The Kier molecular flexibility index (Phi) is 10.5. The highest BCUT2D eigenvalue weighted by Crippen LogP contribution is 2.46. The molecule has 10 nitrogen and oxygen atoms in total. The molecule has 0 aliphatic carbocycles. The number of halogens is 1. The number of alkyl halides is 1. The average molecular weight is 660 g/mol. The summed E-state index contributed by atoms with van der Waals surface area (Å²) in [5.41, 5.74) is 5.62. The molecule has 1 aromatic heterocycles. The number of phenolic OH excluding ortho intramolecular Hbond substituents is 1. The second-order valence-electron chi connectivity index (χ2n) is 11.3. The number of aliphatic hydroxyl groups is 1. The second-order valence-corrected chi connectivity index (χ2v) is 11.7. The number of nitrogens with zero attached hydrogens (tertiary/aromatic N) is 2. The number of carbonyl (C=O) groups is 1. The molecule has 1 atom stereocenters. The van der Waals surface area contributed by atoms with Crippen LogP contribution in [0.4, 0.5) is 5.69 Å². The first-order valence-electron chi connectivity index (χ1n) is 15.7. The fraction of sp³-hybridized carbons (Fsp3) is 0.333. The number of ether oxygens (including phenoxy) is 4. The van der Waals surface area contributed by atoms with Gasteiger partial charge in [-0.25, -0.2) is 4.98 Å². The zero-order chi connectivity index (χ0) is 32.8. The second kappa shape index (κ2) is 15.1. The van der Waals surface area contributed by atoms with Gasteiger partial charge in [-0.1, -0.05) is 18.2 Å². The van der Waals surface area contributed by atoms with Gasteiger partial charge in [0, 0.05) is 40.9 Å². The van der Waals surface area contributed by atoms with Crippen LogP contribution < -0.4 is 9.64 Å². The number of aliphatic hydroxyl groups excluding tert-OH is 1. The predicted octanol–water partition coefficient (Wildman–Crippen LogP) is 5.80. The SMILES string of the molecule is Cc1cccc2c(O)cc3c(c12)[C@H](CCl)CN3C(=O)c1ccc2[nH]c(-c3ccc(OCCOCCOCCOCCO)cc3)nc2c1. The molecule has 1 aliphatic heterocycles. The van der Waals surface area contributed by atoms with Crippen LogP contribution in [0, 0.1) is 6.92 Å². The maximum atomic E-state index is 13.9. The van der Waals surface area contributed by atoms with E-state index < -0.39 is 0 Å². The Labute approximate surface area is 277 Å². The lowest BCUT2D eigenvalue weighted by Crippen LogP contribution is -2.30. The van der Waals surface area contributed by atoms with Crippen molar-refractivity contribution in [1.29, 1.82) is 0 Å². The summed E-state index contributed by atoms with van der Waals surface area (Å²) in [6.07, 6.45) is 0. The quantitative estimate of drug-likeness (QED) is 0.0951. The van der Waals surface area contributed by atoms with Crippen molar-refractivity contribution in [2.75, 3.05) is 70.2 Å². The average Bonchev–Trinajstić information content (AvgIpc) is 3.68. The minimum absolute atomic E-state index is 0.00824. The monoisotopic (exact) mass is 659 g/mol. The van der Waals surface area contributed by atoms with Gasteiger partial charge in [-0.2, -0.15) is 0 Å². The number of anilines is 1. The topological polar surface area (TPSA) is 126 Å². The molecule has 0 unspecified atom stereocenters. The standard InChI is InChI=1S/C36H38ClN3O7/c1-23-3-2-4-28-32(42)20-31-34(33(23)28)26(21-37)22-40(31)36(43)25-7-10-29-30(19-25)39-35(38-29)24-5-8-27(9-6-24)47-18-17-46-16-15-45-14-13-44-12-11-41/h2-10,19-20,26,41-42H,11-18,21-22H2,1H3,(H,38,39)/t26-/m1/s1. The highest BCUT2D eigenvalue weighted by atomic mass is 35.5. The minimum atomic E-state index is -0.167. The van der Waals surface area contributed by atoms with Crippen LogP contribution in [0.15, 0.2) is 66.7 Å². The number of hydrogen-bond donors (Lipinski definition) is 3. The van der Waals surface area contributed by atoms with Gasteiger partial charge in [0.25, 0.3) is 5.91 Å². The summed E-state index contributed by atoms with van der Waals surface area (Å²) in [7, 11) is 0. The number of nitrogens with one attached hydrogen (secondary N) is 1. The number of fused-ring (bicyclic) bond motifs is 4. The van der Waals surface area contributed by atoms with Gasteiger partial charge < -0.3 is 39.0 Å². The third-order valence-corrected chi connectivity index (χ3v) is 8.61. The molecule has 3 N–H and O–H groups in total. The van der Waals surface area contributed by atoms with E-state index in [1.165, 1.54) is 0 Å². The summed E-state index contributed by atoms with van der Waals surface area (Å²) in [5, 5.41) is 21.2. The molecule has 0 radical (unpaired) electrons. The lowest BCUT2D eigenvalue weighted by atomic mass is 9.92. The first-order valence-corrected chi connectivity index (χ1v) is 16.2. The lowest BCUT2D eigenvalue weighted by Gasteiger charge is -2.19. The number of imidazole rings is 1. The molecule has 2 heterocycles. The van der Waals surface area contributed by atoms with Gasteiger partial charge in [0.1, 0.15) is 23.9 Å². The number of hydrogen-bond acceptors (Lipinski definition) is 8. The number of H-pyrrole nitrogens is 1. The molecule has 11 heteroatoms. The third-order valence-electron chi connectivity index (χ3n) is 8.23. The highest BCUT2D eigenvalue weighted by molar-refractivity contribution is 6.19. The normalized spacial score (nSPS) is 14.3. The van der Waals surface area contributed by atoms with E-state index in [1.54, 1.807) is 23.1 Å². The van der Waals surface area contributed by atoms with Crippen molar-refractivity contribution < 1.29 is 34.0 Å². The van der Waals surface area contributed by atoms with E-state index in [2.05, 4.69) is 4.98 Å². The van der Waals surface area contributed by atoms with E-state index in [1.807, 2.05) is 55.5 Å². The molecule has 1 amide bonds. The van der Waals surface area contributed by atoms with Crippen molar-refractivity contribution in [3.8, 4) is 22.9 Å². The van der Waals surface area contributed by atoms with E-state index in [4.69, 9.17) is 40.6 Å². The Bertz CT molecular complexity index is 1840. The maximum absolute atomic E-state index is 13.9. The van der Waals surface area contributed by atoms with Gasteiger partial charge >= 0.3 is 0 Å². The first kappa shape index (κ1) is 32.7. The molecule has 1 aliphatic rings. The molecule has 0 spiro atoms. The highest BCUT2D eigenvalue weighted by Gasteiger charge is 2.35. The molecule has 5 aromatic rings. The molecule has 0 saturated carbocycles. The Morgan fingerprint density at radius 2 is 1.68 bits per heavy atom. The Balaban J connectivity index is 1.08. The zero-order valence-electron chi connectivity index (χ0n) is 26.2. The first-order chi connectivity index (χ1) is 23.0. The fourth-order valence-electron chi connectivity index (χ4n) is 5.98. The molecule has 6 rings (SSSR count). The summed E-state index contributed by atoms with van der Waals surface area (Å²) in [6.45, 7) is 5.45. The van der Waals surface area contributed by atoms with Crippen molar-refractivity contribution in [2.24, 2.45) is 0 Å². The minimum Gasteiger partial charge on any atom is -0.507 e. The van der Waals surface area contributed by atoms with Crippen LogP contribution in [0.2, 0.25) is 0 Å². The van der Waals surface area contributed by atoms with Gasteiger partial charge in [0.05, 0.1) is 63.0 Å². The van der Waals surface area contributed by atoms with Crippen LogP contribution in [0.1, 0.15) is 27.4 Å². The molecule has 4 aromatic carbocycles. The molecular weight excluding hydrogens is 622 g/mol. The Hall–Kier alpha value is -4.19. The third kappa shape index (κ3) is 7.22. The molecule has 0 bridgehead atoms. The van der Waals surface area contributed by atoms with Crippen molar-refractivity contribution in [3.05, 3.63) is 83.4 Å². The van der Waals surface area contributed by atoms with Gasteiger partial charge in [-0.05, 0) is 65.9 Å². The van der Waals surface area contributed by atoms with Crippen molar-refractivity contribution in [2.45, 2.75) is 12.8 Å². The van der Waals surface area contributed by atoms with Crippen LogP contribution in [-0.4, -0.2) is 91.4 Å². The van der Waals surface area contributed by atoms with Crippen molar-refractivity contribution in [3.63, 3.8) is 0 Å². The Morgan fingerprint density at radius 3 is 2.40 bits per heavy atom. The smallest absolute Gasteiger partial charge is 0.258 e. The van der Waals surface area contributed by atoms with Crippen LogP contribution in [-0.2, 0) is 14.2 Å². The number of phenols is 1. The predicted molar refractivity (Wildman–Crippen MR) is 182 cm³/mol. The van der Waals surface area contributed by atoms with Gasteiger partial charge in [-0.3, -0.25) is 4.79 Å². The number of rotatable bonds is 15. The fourth-order valence-corrected chi connectivity index (χ4v) is 6.23. The number of aryl methyl sites for hydroxylation is 1. The number of amides is 1. The summed E-state index contributed by atoms with van der Waals surface area (Å²) >= 11 is 6.42. The molecule has 47 heavy (non-hydrogen) atoms. The molecule has 0 saturated heterocycles. The lowest BCUT2D eigenvalue weighted by molar-refractivity contribution is 0.00361. The van der Waals surface area contributed by atoms with E-state index in [-0.39, 0.29) is 24.2 Å². The number of aromatic nitrogens is 2. The molecule has 246 valence electrons. The van der Waals surface area contributed by atoms with Crippen molar-refractivity contribution in [1.82, 2.24) is 9.97 Å². The summed E-state index contributed by atoms with van der Waals surface area (Å²) in [6, 6.07) is 20.6. The van der Waals surface area contributed by atoms with E-state index >= 15 is 0 Å². The molecule has 0 fully saturated rings. The van der Waals surface area contributed by atoms with Crippen LogP contribution in [0.5, 0.6) is 11.5 Å². The van der Waals surface area contributed by atoms with Crippen LogP contribution in [0.25, 0.3) is 33.2 Å². The number of benzene rings is 4. The van der Waals surface area contributed by atoms with Gasteiger partial charge in [-0.15, -0.1) is 11.6 Å². The van der Waals surface area contributed by atoms with Crippen LogP contribution in [0.3, 0.4) is 0 Å². The summed E-state index contributed by atoms with van der Waals surface area (Å²) < 4.78 is 21.8. The number of aromatic hydroxyl groups is 1. The molecular formula is C36H38ClN3O7. The largest absolute Gasteiger partial charge is 0.507 e. The number of aromatic amines is 1. The van der Waals surface area contributed by atoms with Gasteiger partial charge in [0.2, 0.25) is 0 Å². The summed E-state index contributed by atoms with van der Waals surface area (Å²) in [5.74, 6) is 1.69. The Morgan fingerprint density at radius 1 is 0.957 bits per heavy atom. The van der Waals surface area contributed by atoms with Crippen molar-refractivity contribution >= 4 is 45.0 Å².